The van der Waals surface area contributed by atoms with Crippen LogP contribution in [0.4, 0.5) is 46.5 Å². The number of rotatable bonds is 11. The molecule has 0 unspecified atom stereocenters. The van der Waals surface area contributed by atoms with E-state index in [4.69, 9.17) is 9.47 Å². The smallest absolute Gasteiger partial charge is 0.393 e. The first-order chi connectivity index (χ1) is 16.6. The molecule has 0 aliphatic rings. The molecule has 2 aromatic carbocycles. The number of para-hydroxylation sites is 4. The van der Waals surface area contributed by atoms with Crippen LogP contribution in [0.2, 0.25) is 0 Å². The quantitative estimate of drug-likeness (QED) is 0.373. The highest BCUT2D eigenvalue weighted by molar-refractivity contribution is 6.00. The highest BCUT2D eigenvalue weighted by Crippen LogP contribution is 2.53. The summed E-state index contributed by atoms with van der Waals surface area (Å²) in [5, 5.41) is 2.53. The molecular weight excluding hydrogens is 508 g/mol. The molecule has 0 bridgehead atoms. The van der Waals surface area contributed by atoms with E-state index in [9.17, 15) is 44.7 Å². The molecule has 0 spiro atoms. The van der Waals surface area contributed by atoms with Crippen LogP contribution in [0.25, 0.3) is 0 Å². The second-order valence-corrected chi connectivity index (χ2v) is 7.06. The van der Waals surface area contributed by atoms with Crippen LogP contribution < -0.4 is 20.1 Å². The zero-order valence-corrected chi connectivity index (χ0v) is 18.7. The summed E-state index contributed by atoms with van der Waals surface area (Å²) in [6.45, 7) is 2.82. The maximum atomic E-state index is 14.3. The molecule has 2 aromatic rings. The zero-order valence-electron chi connectivity index (χ0n) is 18.7. The average Bonchev–Trinajstić information content (AvgIpc) is 2.81. The van der Waals surface area contributed by atoms with Crippen molar-refractivity contribution < 1.29 is 54.2 Å². The van der Waals surface area contributed by atoms with Crippen LogP contribution >= 0.6 is 0 Å². The van der Waals surface area contributed by atoms with Gasteiger partial charge in [0, 0.05) is 0 Å². The van der Waals surface area contributed by atoms with Gasteiger partial charge in [-0.2, -0.15) is 35.1 Å². The Kier molecular flexibility index (Phi) is 8.42. The minimum absolute atomic E-state index is 0.0503. The Labute approximate surface area is 199 Å². The highest BCUT2D eigenvalue weighted by atomic mass is 19.4. The standard InChI is InChI=1S/C22H20F8N2O4/c1-3-35-15-11-7-5-9-13(15)31-17(33)19(23,24)21(27,28)22(29,30)20(25,26)18(34)32-14-10-6-8-12-16(14)36-4-2/h5-12H,3-4H2,1-2H3,(H,31,33)(H,32,34). The Morgan fingerprint density at radius 1 is 0.639 bits per heavy atom. The van der Waals surface area contributed by atoms with Gasteiger partial charge in [0.1, 0.15) is 11.5 Å². The number of ether oxygens (including phenoxy) is 2. The molecule has 0 aliphatic heterocycles. The van der Waals surface area contributed by atoms with E-state index in [0.29, 0.717) is 0 Å². The van der Waals surface area contributed by atoms with Crippen molar-refractivity contribution in [3.8, 4) is 11.5 Å². The van der Waals surface area contributed by atoms with Crippen LogP contribution in [0, 0.1) is 0 Å². The van der Waals surface area contributed by atoms with Crippen molar-refractivity contribution in [3.63, 3.8) is 0 Å². The predicted molar refractivity (Wildman–Crippen MR) is 112 cm³/mol. The third kappa shape index (κ3) is 5.16. The van der Waals surface area contributed by atoms with E-state index in [1.54, 1.807) is 0 Å². The average molecular weight is 528 g/mol. The SMILES string of the molecule is CCOc1ccccc1NC(=O)C(F)(F)C(F)(F)C(F)(F)C(F)(F)C(=O)Nc1ccccc1OCC. The Morgan fingerprint density at radius 2 is 0.944 bits per heavy atom. The van der Waals surface area contributed by atoms with E-state index in [1.807, 2.05) is 0 Å². The summed E-state index contributed by atoms with van der Waals surface area (Å²) >= 11 is 0. The fourth-order valence-corrected chi connectivity index (χ4v) is 2.78. The van der Waals surface area contributed by atoms with Crippen molar-refractivity contribution >= 4 is 23.2 Å². The summed E-state index contributed by atoms with van der Waals surface area (Å²) in [5.41, 5.74) is -1.22. The van der Waals surface area contributed by atoms with Crippen LogP contribution in [0.1, 0.15) is 13.8 Å². The fraction of sp³-hybridized carbons (Fsp3) is 0.364. The molecular formula is C22H20F8N2O4. The lowest BCUT2D eigenvalue weighted by Gasteiger charge is -2.35. The number of anilines is 2. The molecule has 0 atom stereocenters. The summed E-state index contributed by atoms with van der Waals surface area (Å²) in [7, 11) is 0. The Morgan fingerprint density at radius 3 is 1.25 bits per heavy atom. The number of alkyl halides is 8. The number of benzene rings is 2. The van der Waals surface area contributed by atoms with Crippen LogP contribution in [0.5, 0.6) is 11.5 Å². The molecule has 198 valence electrons. The van der Waals surface area contributed by atoms with Gasteiger partial charge in [-0.25, -0.2) is 0 Å². The Hall–Kier alpha value is -3.58. The summed E-state index contributed by atoms with van der Waals surface area (Å²) < 4.78 is 124. The maximum absolute atomic E-state index is 14.3. The number of nitrogens with one attached hydrogen (secondary N) is 2. The minimum Gasteiger partial charge on any atom is -0.492 e. The fourth-order valence-electron chi connectivity index (χ4n) is 2.78. The first-order valence-corrected chi connectivity index (χ1v) is 10.2. The molecule has 0 saturated heterocycles. The predicted octanol–water partition coefficient (Wildman–Crippen LogP) is 5.60. The molecule has 0 saturated carbocycles. The van der Waals surface area contributed by atoms with Crippen LogP contribution in [0.3, 0.4) is 0 Å². The summed E-state index contributed by atoms with van der Waals surface area (Å²) in [5.74, 6) is -33.5. The van der Waals surface area contributed by atoms with Crippen LogP contribution in [-0.4, -0.2) is 48.7 Å². The Bertz CT molecular complexity index is 1010. The second kappa shape index (κ2) is 10.6. The molecule has 36 heavy (non-hydrogen) atoms. The normalized spacial score (nSPS) is 12.6. The van der Waals surface area contributed by atoms with Crippen molar-refractivity contribution in [2.75, 3.05) is 23.8 Å². The second-order valence-electron chi connectivity index (χ2n) is 7.06. The number of halogens is 8. The van der Waals surface area contributed by atoms with Gasteiger partial charge in [0.05, 0.1) is 24.6 Å². The molecule has 6 nitrogen and oxygen atoms in total. The molecule has 0 fully saturated rings. The molecule has 0 aliphatic carbocycles. The zero-order chi connectivity index (χ0) is 27.4. The number of carbonyl (C=O) groups excluding carboxylic acids is 2. The lowest BCUT2D eigenvalue weighted by atomic mass is 9.97. The number of hydrogen-bond acceptors (Lipinski definition) is 4. The van der Waals surface area contributed by atoms with E-state index in [0.717, 1.165) is 24.3 Å². The van der Waals surface area contributed by atoms with Gasteiger partial charge >= 0.3 is 35.5 Å². The lowest BCUT2D eigenvalue weighted by Crippen LogP contribution is -2.67. The lowest BCUT2D eigenvalue weighted by molar-refractivity contribution is -0.345. The molecule has 2 rings (SSSR count). The van der Waals surface area contributed by atoms with Gasteiger partial charge in [0.2, 0.25) is 0 Å². The molecule has 0 aromatic heterocycles. The summed E-state index contributed by atoms with van der Waals surface area (Å²) in [4.78, 5) is 23.8. The third-order valence-corrected chi connectivity index (χ3v) is 4.62. The van der Waals surface area contributed by atoms with Crippen molar-refractivity contribution in [2.24, 2.45) is 0 Å². The van der Waals surface area contributed by atoms with Gasteiger partial charge in [0.25, 0.3) is 0 Å². The topological polar surface area (TPSA) is 76.7 Å². The van der Waals surface area contributed by atoms with Gasteiger partial charge in [-0.15, -0.1) is 0 Å². The highest BCUT2D eigenvalue weighted by Gasteiger charge is 2.84. The van der Waals surface area contributed by atoms with Crippen molar-refractivity contribution in [3.05, 3.63) is 48.5 Å². The summed E-state index contributed by atoms with van der Waals surface area (Å²) in [6, 6.07) is 9.11. The molecule has 14 heteroatoms. The van der Waals surface area contributed by atoms with E-state index in [1.165, 1.54) is 48.7 Å². The van der Waals surface area contributed by atoms with Crippen LogP contribution in [-0.2, 0) is 9.59 Å². The maximum Gasteiger partial charge on any atom is 0.393 e. The van der Waals surface area contributed by atoms with Gasteiger partial charge in [-0.3, -0.25) is 9.59 Å². The molecule has 0 radical (unpaired) electrons. The van der Waals surface area contributed by atoms with Gasteiger partial charge in [-0.1, -0.05) is 24.3 Å². The van der Waals surface area contributed by atoms with Crippen molar-refractivity contribution in [1.82, 2.24) is 0 Å². The Balaban J connectivity index is 2.35. The molecule has 2 amide bonds. The number of carbonyl (C=O) groups is 2. The van der Waals surface area contributed by atoms with Gasteiger partial charge in [-0.05, 0) is 38.1 Å². The first kappa shape index (κ1) is 28.7. The van der Waals surface area contributed by atoms with E-state index in [-0.39, 0.29) is 24.7 Å². The minimum atomic E-state index is -7.02. The number of amides is 2. The van der Waals surface area contributed by atoms with Crippen LogP contribution in [0.15, 0.2) is 48.5 Å². The largest absolute Gasteiger partial charge is 0.492 e. The van der Waals surface area contributed by atoms with Crippen molar-refractivity contribution in [1.29, 1.82) is 0 Å². The molecule has 2 N–H and O–H groups in total. The monoisotopic (exact) mass is 528 g/mol. The summed E-state index contributed by atoms with van der Waals surface area (Å²) in [6.07, 6.45) is 0. The van der Waals surface area contributed by atoms with E-state index >= 15 is 0 Å². The van der Waals surface area contributed by atoms with E-state index < -0.39 is 46.9 Å². The first-order valence-electron chi connectivity index (χ1n) is 10.2. The van der Waals surface area contributed by atoms with Gasteiger partial charge in [0.15, 0.2) is 0 Å². The van der Waals surface area contributed by atoms with Crippen molar-refractivity contribution in [2.45, 2.75) is 37.5 Å². The van der Waals surface area contributed by atoms with Gasteiger partial charge < -0.3 is 20.1 Å². The molecule has 0 heterocycles. The number of hydrogen-bond donors (Lipinski definition) is 2. The third-order valence-electron chi connectivity index (χ3n) is 4.62. The van der Waals surface area contributed by atoms with E-state index in [2.05, 4.69) is 0 Å².